The van der Waals surface area contributed by atoms with E-state index in [1.807, 2.05) is 13.8 Å². The number of nitrogens with one attached hydrogen (secondary N) is 2. The summed E-state index contributed by atoms with van der Waals surface area (Å²) in [5.41, 5.74) is 1.00. The first-order chi connectivity index (χ1) is 7.36. The molecule has 2 N–H and O–H groups in total. The van der Waals surface area contributed by atoms with Gasteiger partial charge in [0.25, 0.3) is 0 Å². The lowest BCUT2D eigenvalue weighted by atomic mass is 10.1. The van der Waals surface area contributed by atoms with Crippen molar-refractivity contribution in [2.24, 2.45) is 5.92 Å². The summed E-state index contributed by atoms with van der Waals surface area (Å²) >= 11 is 0. The Balaban J connectivity index is 3.76. The molecule has 0 atom stereocenters. The van der Waals surface area contributed by atoms with Crippen molar-refractivity contribution in [3.8, 4) is 0 Å². The Bertz CT molecular complexity index is 306. The summed E-state index contributed by atoms with van der Waals surface area (Å²) in [6, 6.07) is 0. The fourth-order valence-corrected chi connectivity index (χ4v) is 0.879. The molecule has 0 saturated carbocycles. The van der Waals surface area contributed by atoms with Gasteiger partial charge >= 0.3 is 0 Å². The van der Waals surface area contributed by atoms with E-state index in [4.69, 9.17) is 0 Å². The fraction of sp³-hybridized carbons (Fsp3) is 0.500. The smallest absolute Gasteiger partial charge is 0.246 e. The number of carbonyl (C=O) groups excluding carboxylic acids is 2. The highest BCUT2D eigenvalue weighted by atomic mass is 16.2. The molecule has 2 amide bonds. The van der Waals surface area contributed by atoms with Crippen LogP contribution in [-0.2, 0) is 9.59 Å². The maximum atomic E-state index is 11.4. The van der Waals surface area contributed by atoms with Crippen molar-refractivity contribution in [1.82, 2.24) is 10.6 Å². The summed E-state index contributed by atoms with van der Waals surface area (Å²) in [7, 11) is 0. The van der Waals surface area contributed by atoms with Crippen LogP contribution in [0, 0.1) is 5.92 Å². The Morgan fingerprint density at radius 1 is 1.06 bits per heavy atom. The van der Waals surface area contributed by atoms with E-state index in [0.29, 0.717) is 24.2 Å². The van der Waals surface area contributed by atoms with Crippen molar-refractivity contribution in [2.45, 2.75) is 20.8 Å². The highest BCUT2D eigenvalue weighted by Crippen LogP contribution is 2.05. The van der Waals surface area contributed by atoms with E-state index in [2.05, 4.69) is 23.8 Å². The van der Waals surface area contributed by atoms with E-state index >= 15 is 0 Å². The second-order valence-corrected chi connectivity index (χ2v) is 3.97. The highest BCUT2D eigenvalue weighted by Gasteiger charge is 2.09. The molecule has 0 bridgehead atoms. The monoisotopic (exact) mass is 224 g/mol. The fourth-order valence-electron chi connectivity index (χ4n) is 0.879. The van der Waals surface area contributed by atoms with Crippen molar-refractivity contribution in [1.29, 1.82) is 0 Å². The van der Waals surface area contributed by atoms with Crippen molar-refractivity contribution in [3.63, 3.8) is 0 Å². The lowest BCUT2D eigenvalue weighted by Crippen LogP contribution is -2.35. The van der Waals surface area contributed by atoms with Gasteiger partial charge < -0.3 is 10.6 Å². The molecular formula is C12H20N2O2. The number of hydrogen-bond acceptors (Lipinski definition) is 2. The first kappa shape index (κ1) is 14.4. The van der Waals surface area contributed by atoms with Gasteiger partial charge in [-0.2, -0.15) is 0 Å². The largest absolute Gasteiger partial charge is 0.351 e. The summed E-state index contributed by atoms with van der Waals surface area (Å²) in [4.78, 5) is 22.5. The molecule has 0 fully saturated rings. The Morgan fingerprint density at radius 3 is 1.88 bits per heavy atom. The van der Waals surface area contributed by atoms with Gasteiger partial charge in [-0.3, -0.25) is 9.59 Å². The zero-order valence-corrected chi connectivity index (χ0v) is 10.2. The van der Waals surface area contributed by atoms with Crippen molar-refractivity contribution in [3.05, 3.63) is 24.3 Å². The van der Waals surface area contributed by atoms with Crippen LogP contribution in [0.15, 0.2) is 24.3 Å². The Morgan fingerprint density at radius 2 is 1.50 bits per heavy atom. The van der Waals surface area contributed by atoms with E-state index in [0.717, 1.165) is 0 Å². The van der Waals surface area contributed by atoms with Crippen LogP contribution in [0.2, 0.25) is 0 Å². The third kappa shape index (κ3) is 5.34. The number of hydrogen-bond donors (Lipinski definition) is 2. The molecule has 0 spiro atoms. The Kier molecular flexibility index (Phi) is 6.15. The normalized spacial score (nSPS) is 9.75. The Labute approximate surface area is 96.8 Å². The first-order valence-corrected chi connectivity index (χ1v) is 5.27. The second-order valence-electron chi connectivity index (χ2n) is 3.97. The maximum Gasteiger partial charge on any atom is 0.246 e. The lowest BCUT2D eigenvalue weighted by Gasteiger charge is -2.10. The molecule has 0 radical (unpaired) electrons. The summed E-state index contributed by atoms with van der Waals surface area (Å²) in [5.74, 6) is -0.235. The molecule has 90 valence electrons. The van der Waals surface area contributed by atoms with Gasteiger partial charge in [-0.05, 0) is 12.8 Å². The molecule has 0 heterocycles. The molecule has 0 aromatic carbocycles. The van der Waals surface area contributed by atoms with Gasteiger partial charge in [-0.25, -0.2) is 0 Å². The van der Waals surface area contributed by atoms with Crippen LogP contribution in [0.4, 0.5) is 0 Å². The van der Waals surface area contributed by atoms with Gasteiger partial charge in [0.1, 0.15) is 0 Å². The molecule has 0 saturated heterocycles. The van der Waals surface area contributed by atoms with Gasteiger partial charge in [-0.15, -0.1) is 0 Å². The quantitative estimate of drug-likeness (QED) is 0.522. The van der Waals surface area contributed by atoms with Crippen LogP contribution in [0.25, 0.3) is 0 Å². The minimum atomic E-state index is -0.197. The molecule has 0 unspecified atom stereocenters. The van der Waals surface area contributed by atoms with E-state index in [-0.39, 0.29) is 17.7 Å². The van der Waals surface area contributed by atoms with Gasteiger partial charge in [0.2, 0.25) is 11.8 Å². The predicted molar refractivity (Wildman–Crippen MR) is 64.8 cm³/mol. The van der Waals surface area contributed by atoms with Crippen LogP contribution in [0.3, 0.4) is 0 Å². The molecule has 0 aromatic heterocycles. The van der Waals surface area contributed by atoms with Gasteiger partial charge in [0.05, 0.1) is 0 Å². The third-order valence-corrected chi connectivity index (χ3v) is 2.07. The van der Waals surface area contributed by atoms with Crippen LogP contribution in [-0.4, -0.2) is 24.9 Å². The van der Waals surface area contributed by atoms with E-state index in [1.165, 1.54) is 0 Å². The molecule has 0 rings (SSSR count). The average molecular weight is 224 g/mol. The standard InChI is InChI=1S/C12H20N2O2/c1-8(2)10(5)12(16)14-7-6-13-11(15)9(3)4/h8H,3,5-7H2,1-2,4H3,(H,13,15)(H,14,16). The van der Waals surface area contributed by atoms with Gasteiger partial charge in [0.15, 0.2) is 0 Å². The molecule has 4 heteroatoms. The minimum Gasteiger partial charge on any atom is -0.351 e. The third-order valence-electron chi connectivity index (χ3n) is 2.07. The zero-order chi connectivity index (χ0) is 12.7. The van der Waals surface area contributed by atoms with Crippen LogP contribution < -0.4 is 10.6 Å². The number of carbonyl (C=O) groups is 2. The summed E-state index contributed by atoms with van der Waals surface area (Å²) in [6.07, 6.45) is 0. The topological polar surface area (TPSA) is 58.2 Å². The number of amides is 2. The molecule has 16 heavy (non-hydrogen) atoms. The maximum absolute atomic E-state index is 11.4. The molecular weight excluding hydrogens is 204 g/mol. The minimum absolute atomic E-state index is 0.130. The summed E-state index contributed by atoms with van der Waals surface area (Å²) in [5, 5.41) is 5.30. The van der Waals surface area contributed by atoms with Crippen molar-refractivity contribution < 1.29 is 9.59 Å². The second kappa shape index (κ2) is 6.82. The van der Waals surface area contributed by atoms with Crippen molar-refractivity contribution in [2.75, 3.05) is 13.1 Å². The lowest BCUT2D eigenvalue weighted by molar-refractivity contribution is -0.119. The number of rotatable bonds is 6. The summed E-state index contributed by atoms with van der Waals surface area (Å²) < 4.78 is 0. The van der Waals surface area contributed by atoms with Gasteiger partial charge in [-0.1, -0.05) is 27.0 Å². The highest BCUT2D eigenvalue weighted by molar-refractivity contribution is 5.93. The molecule has 0 aliphatic carbocycles. The van der Waals surface area contributed by atoms with E-state index in [1.54, 1.807) is 6.92 Å². The zero-order valence-electron chi connectivity index (χ0n) is 10.2. The molecule has 0 aromatic rings. The molecule has 0 aliphatic rings. The Hall–Kier alpha value is -1.58. The summed E-state index contributed by atoms with van der Waals surface area (Å²) in [6.45, 7) is 13.4. The van der Waals surface area contributed by atoms with Gasteiger partial charge in [0, 0.05) is 24.2 Å². The van der Waals surface area contributed by atoms with E-state index < -0.39 is 0 Å². The predicted octanol–water partition coefficient (Wildman–Crippen LogP) is 1.01. The molecule has 0 aliphatic heterocycles. The SMILES string of the molecule is C=C(C)C(=O)NCCNC(=O)C(=C)C(C)C. The average Bonchev–Trinajstić information content (AvgIpc) is 2.22. The van der Waals surface area contributed by atoms with E-state index in [9.17, 15) is 9.59 Å². The van der Waals surface area contributed by atoms with Crippen LogP contribution in [0.5, 0.6) is 0 Å². The van der Waals surface area contributed by atoms with Crippen LogP contribution >= 0.6 is 0 Å². The molecule has 4 nitrogen and oxygen atoms in total. The van der Waals surface area contributed by atoms with Crippen molar-refractivity contribution >= 4 is 11.8 Å². The first-order valence-electron chi connectivity index (χ1n) is 5.27. The van der Waals surface area contributed by atoms with Crippen LogP contribution in [0.1, 0.15) is 20.8 Å².